The van der Waals surface area contributed by atoms with Crippen LogP contribution in [0.4, 0.5) is 5.69 Å². The molecule has 1 fully saturated rings. The molecule has 5 nitrogen and oxygen atoms in total. The molecular formula is C20H30N2O3. The number of rotatable bonds is 6. The van der Waals surface area contributed by atoms with Crippen molar-refractivity contribution in [1.82, 2.24) is 4.90 Å². The Morgan fingerprint density at radius 1 is 1.12 bits per heavy atom. The fourth-order valence-corrected chi connectivity index (χ4v) is 3.55. The van der Waals surface area contributed by atoms with Gasteiger partial charge in [0.2, 0.25) is 11.8 Å². The van der Waals surface area contributed by atoms with Crippen molar-refractivity contribution in [3.05, 3.63) is 23.8 Å². The summed E-state index contributed by atoms with van der Waals surface area (Å²) in [5.74, 6) is 0.967. The van der Waals surface area contributed by atoms with E-state index in [-0.39, 0.29) is 23.7 Å². The number of aryl methyl sites for hydroxylation is 1. The molecule has 0 saturated heterocycles. The average Bonchev–Trinajstić information content (AvgIpc) is 2.63. The van der Waals surface area contributed by atoms with Gasteiger partial charge in [-0.1, -0.05) is 6.07 Å². The Balaban J connectivity index is 1.93. The fraction of sp³-hybridized carbons (Fsp3) is 0.600. The van der Waals surface area contributed by atoms with Gasteiger partial charge in [0.05, 0.1) is 12.8 Å². The van der Waals surface area contributed by atoms with Crippen molar-refractivity contribution in [3.8, 4) is 5.75 Å². The zero-order valence-corrected chi connectivity index (χ0v) is 15.8. The van der Waals surface area contributed by atoms with Gasteiger partial charge in [-0.3, -0.25) is 9.59 Å². The quantitative estimate of drug-likeness (QED) is 0.856. The maximum absolute atomic E-state index is 12.6. The van der Waals surface area contributed by atoms with Crippen molar-refractivity contribution in [1.29, 1.82) is 0 Å². The second-order valence-electron chi connectivity index (χ2n) is 6.75. The SMILES string of the molecule is CCN(CC)C(=O)C1CCC(C(=O)Nc2cc(C)ccc2OC)CC1. The van der Waals surface area contributed by atoms with E-state index in [2.05, 4.69) is 5.32 Å². The third-order valence-electron chi connectivity index (χ3n) is 5.14. The number of hydrogen-bond acceptors (Lipinski definition) is 3. The van der Waals surface area contributed by atoms with Crippen LogP contribution >= 0.6 is 0 Å². The lowest BCUT2D eigenvalue weighted by Crippen LogP contribution is -2.38. The van der Waals surface area contributed by atoms with E-state index >= 15 is 0 Å². The van der Waals surface area contributed by atoms with E-state index in [1.807, 2.05) is 43.9 Å². The Kier molecular flexibility index (Phi) is 6.85. The number of carbonyl (C=O) groups is 2. The van der Waals surface area contributed by atoms with Crippen molar-refractivity contribution in [2.75, 3.05) is 25.5 Å². The molecule has 1 aliphatic rings. The third-order valence-corrected chi connectivity index (χ3v) is 5.14. The molecule has 0 heterocycles. The predicted molar refractivity (Wildman–Crippen MR) is 99.7 cm³/mol. The first kappa shape index (κ1) is 19.3. The predicted octanol–water partition coefficient (Wildman–Crippen LogP) is 3.62. The van der Waals surface area contributed by atoms with Crippen LogP contribution in [0.3, 0.4) is 0 Å². The molecule has 0 aliphatic heterocycles. The first-order valence-corrected chi connectivity index (χ1v) is 9.24. The Hall–Kier alpha value is -2.04. The van der Waals surface area contributed by atoms with Gasteiger partial charge in [-0.2, -0.15) is 0 Å². The van der Waals surface area contributed by atoms with Crippen LogP contribution in [0.5, 0.6) is 5.75 Å². The highest BCUT2D eigenvalue weighted by molar-refractivity contribution is 5.94. The monoisotopic (exact) mass is 346 g/mol. The second-order valence-corrected chi connectivity index (χ2v) is 6.75. The minimum absolute atomic E-state index is 0.0256. The molecule has 0 spiro atoms. The molecule has 2 amide bonds. The number of nitrogens with zero attached hydrogens (tertiary/aromatic N) is 1. The summed E-state index contributed by atoms with van der Waals surface area (Å²) in [5, 5.41) is 3.00. The molecule has 138 valence electrons. The number of nitrogens with one attached hydrogen (secondary N) is 1. The van der Waals surface area contributed by atoms with Crippen LogP contribution in [-0.2, 0) is 9.59 Å². The lowest BCUT2D eigenvalue weighted by molar-refractivity contribution is -0.137. The maximum atomic E-state index is 12.6. The van der Waals surface area contributed by atoms with Crippen molar-refractivity contribution in [2.45, 2.75) is 46.5 Å². The molecule has 1 aromatic rings. The number of hydrogen-bond donors (Lipinski definition) is 1. The van der Waals surface area contributed by atoms with E-state index in [0.29, 0.717) is 11.4 Å². The number of benzene rings is 1. The number of amides is 2. The standard InChI is InChI=1S/C20H30N2O3/c1-5-22(6-2)20(24)16-10-8-15(9-11-16)19(23)21-17-13-14(3)7-12-18(17)25-4/h7,12-13,15-16H,5-6,8-11H2,1-4H3,(H,21,23). The summed E-state index contributed by atoms with van der Waals surface area (Å²) in [4.78, 5) is 27.0. The van der Waals surface area contributed by atoms with Gasteiger partial charge in [-0.25, -0.2) is 0 Å². The molecule has 2 rings (SSSR count). The van der Waals surface area contributed by atoms with Crippen molar-refractivity contribution >= 4 is 17.5 Å². The molecule has 25 heavy (non-hydrogen) atoms. The average molecular weight is 346 g/mol. The van der Waals surface area contributed by atoms with Gasteiger partial charge in [0.1, 0.15) is 5.75 Å². The summed E-state index contributed by atoms with van der Waals surface area (Å²) >= 11 is 0. The number of anilines is 1. The van der Waals surface area contributed by atoms with Gasteiger partial charge in [0.15, 0.2) is 0 Å². The van der Waals surface area contributed by atoms with Crippen molar-refractivity contribution < 1.29 is 14.3 Å². The van der Waals surface area contributed by atoms with Gasteiger partial charge in [0.25, 0.3) is 0 Å². The largest absolute Gasteiger partial charge is 0.495 e. The zero-order chi connectivity index (χ0) is 18.4. The highest BCUT2D eigenvalue weighted by Gasteiger charge is 2.31. The zero-order valence-electron chi connectivity index (χ0n) is 15.8. The maximum Gasteiger partial charge on any atom is 0.227 e. The minimum Gasteiger partial charge on any atom is -0.495 e. The fourth-order valence-electron chi connectivity index (χ4n) is 3.55. The first-order valence-electron chi connectivity index (χ1n) is 9.24. The van der Waals surface area contributed by atoms with E-state index < -0.39 is 0 Å². The summed E-state index contributed by atoms with van der Waals surface area (Å²) in [5.41, 5.74) is 1.79. The molecule has 0 unspecified atom stereocenters. The highest BCUT2D eigenvalue weighted by Crippen LogP contribution is 2.32. The molecule has 5 heteroatoms. The van der Waals surface area contributed by atoms with Gasteiger partial charge in [-0.05, 0) is 64.2 Å². The smallest absolute Gasteiger partial charge is 0.227 e. The first-order chi connectivity index (χ1) is 12.0. The topological polar surface area (TPSA) is 58.6 Å². The molecular weight excluding hydrogens is 316 g/mol. The van der Waals surface area contributed by atoms with Crippen LogP contribution in [0.1, 0.15) is 45.1 Å². The van der Waals surface area contributed by atoms with Gasteiger partial charge >= 0.3 is 0 Å². The summed E-state index contributed by atoms with van der Waals surface area (Å²) in [6.07, 6.45) is 3.10. The molecule has 0 bridgehead atoms. The molecule has 0 aromatic heterocycles. The lowest BCUT2D eigenvalue weighted by atomic mass is 9.81. The number of ether oxygens (including phenoxy) is 1. The minimum atomic E-state index is -0.0361. The highest BCUT2D eigenvalue weighted by atomic mass is 16.5. The Morgan fingerprint density at radius 3 is 2.28 bits per heavy atom. The van der Waals surface area contributed by atoms with E-state index in [1.54, 1.807) is 7.11 Å². The van der Waals surface area contributed by atoms with Crippen LogP contribution in [-0.4, -0.2) is 36.9 Å². The number of carbonyl (C=O) groups excluding carboxylic acids is 2. The number of methoxy groups -OCH3 is 1. The van der Waals surface area contributed by atoms with Crippen LogP contribution < -0.4 is 10.1 Å². The molecule has 1 aliphatic carbocycles. The Bertz CT molecular complexity index is 603. The lowest BCUT2D eigenvalue weighted by Gasteiger charge is -2.30. The van der Waals surface area contributed by atoms with Crippen molar-refractivity contribution in [3.63, 3.8) is 0 Å². The molecule has 1 N–H and O–H groups in total. The summed E-state index contributed by atoms with van der Waals surface area (Å²) < 4.78 is 5.32. The van der Waals surface area contributed by atoms with E-state index in [9.17, 15) is 9.59 Å². The van der Waals surface area contributed by atoms with Crippen LogP contribution in [0.2, 0.25) is 0 Å². The summed E-state index contributed by atoms with van der Waals surface area (Å²) in [7, 11) is 1.60. The van der Waals surface area contributed by atoms with Gasteiger partial charge in [-0.15, -0.1) is 0 Å². The Morgan fingerprint density at radius 2 is 1.72 bits per heavy atom. The van der Waals surface area contributed by atoms with E-state index in [4.69, 9.17) is 4.74 Å². The van der Waals surface area contributed by atoms with Crippen LogP contribution in [0, 0.1) is 18.8 Å². The molecule has 0 atom stereocenters. The Labute approximate surface area is 150 Å². The normalized spacial score (nSPS) is 20.0. The van der Waals surface area contributed by atoms with Crippen LogP contribution in [0.25, 0.3) is 0 Å². The second kappa shape index (κ2) is 8.88. The van der Waals surface area contributed by atoms with Crippen molar-refractivity contribution in [2.24, 2.45) is 11.8 Å². The summed E-state index contributed by atoms with van der Waals surface area (Å²) in [6.45, 7) is 7.51. The summed E-state index contributed by atoms with van der Waals surface area (Å²) in [6, 6.07) is 5.75. The van der Waals surface area contributed by atoms with E-state index in [0.717, 1.165) is 44.3 Å². The molecule has 0 radical (unpaired) electrons. The van der Waals surface area contributed by atoms with Gasteiger partial charge < -0.3 is 15.0 Å². The van der Waals surface area contributed by atoms with E-state index in [1.165, 1.54) is 0 Å². The molecule has 1 aromatic carbocycles. The van der Waals surface area contributed by atoms with Gasteiger partial charge in [0, 0.05) is 24.9 Å². The molecule has 1 saturated carbocycles. The van der Waals surface area contributed by atoms with Crippen LogP contribution in [0.15, 0.2) is 18.2 Å². The third kappa shape index (κ3) is 4.74.